The summed E-state index contributed by atoms with van der Waals surface area (Å²) >= 11 is 11.7. The molecule has 2 aromatic rings. The van der Waals surface area contributed by atoms with Crippen LogP contribution in [0.25, 0.3) is 0 Å². The largest absolute Gasteiger partial charge is 0.481 e. The average Bonchev–Trinajstić information content (AvgIpc) is 2.74. The maximum absolute atomic E-state index is 11.7. The summed E-state index contributed by atoms with van der Waals surface area (Å²) in [5.41, 5.74) is 4.65. The zero-order valence-corrected chi connectivity index (χ0v) is 22.0. The maximum Gasteiger partial charge on any atom is 0.303 e. The Balaban J connectivity index is 0.000000600. The molecular weight excluding hydrogens is 457 g/mol. The van der Waals surface area contributed by atoms with E-state index in [0.29, 0.717) is 16.6 Å². The second-order valence-electron chi connectivity index (χ2n) is 7.89. The first-order valence-electron chi connectivity index (χ1n) is 10.7. The van der Waals surface area contributed by atoms with E-state index in [-0.39, 0.29) is 12.2 Å². The Kier molecular flexibility index (Phi) is 13.6. The van der Waals surface area contributed by atoms with Crippen LogP contribution < -0.4 is 0 Å². The number of allylic oxidation sites excluding steroid dienone is 2. The first kappa shape index (κ1) is 30.6. The van der Waals surface area contributed by atoms with Crippen LogP contribution in [0.4, 0.5) is 0 Å². The number of carbonyl (C=O) groups excluding carboxylic acids is 1. The summed E-state index contributed by atoms with van der Waals surface area (Å²) in [4.78, 5) is 25.0. The molecule has 0 radical (unpaired) electrons. The zero-order valence-electron chi connectivity index (χ0n) is 20.5. The molecule has 0 saturated carbocycles. The summed E-state index contributed by atoms with van der Waals surface area (Å²) < 4.78 is 0. The van der Waals surface area contributed by atoms with Crippen molar-refractivity contribution in [3.63, 3.8) is 0 Å². The molecule has 1 aromatic carbocycles. The van der Waals surface area contributed by atoms with Crippen molar-refractivity contribution < 1.29 is 14.7 Å². The number of rotatable bonds is 7. The SMILES string of the molecule is C=C(C)C(CC(C)=O)(C(=C)C)c1cc(Cl)ccc1C.CCC(=O)O.CCc1ccc(Cl)nc1. The van der Waals surface area contributed by atoms with Crippen molar-refractivity contribution >= 4 is 35.0 Å². The fourth-order valence-corrected chi connectivity index (χ4v) is 3.55. The summed E-state index contributed by atoms with van der Waals surface area (Å²) in [5, 5.41) is 8.95. The number of carboxylic acids is 1. The third-order valence-electron chi connectivity index (χ3n) is 5.13. The average molecular weight is 492 g/mol. The van der Waals surface area contributed by atoms with Gasteiger partial charge in [-0.2, -0.15) is 0 Å². The third kappa shape index (κ3) is 9.93. The Morgan fingerprint density at radius 2 is 1.58 bits per heavy atom. The molecule has 0 fully saturated rings. The highest BCUT2D eigenvalue weighted by Crippen LogP contribution is 2.43. The smallest absolute Gasteiger partial charge is 0.303 e. The topological polar surface area (TPSA) is 67.3 Å². The lowest BCUT2D eigenvalue weighted by atomic mass is 9.66. The number of hydrogen-bond acceptors (Lipinski definition) is 3. The van der Waals surface area contributed by atoms with Crippen molar-refractivity contribution in [1.29, 1.82) is 0 Å². The number of benzene rings is 1. The molecule has 180 valence electrons. The van der Waals surface area contributed by atoms with Crippen LogP contribution in [0.3, 0.4) is 0 Å². The predicted molar refractivity (Wildman–Crippen MR) is 139 cm³/mol. The Morgan fingerprint density at radius 3 is 1.94 bits per heavy atom. The molecule has 0 aliphatic rings. The van der Waals surface area contributed by atoms with Crippen molar-refractivity contribution in [2.75, 3.05) is 0 Å². The van der Waals surface area contributed by atoms with Gasteiger partial charge in [0.15, 0.2) is 0 Å². The number of Topliss-reactive ketones (excluding diaryl/α,β-unsaturated/α-hetero) is 1. The molecule has 0 unspecified atom stereocenters. The van der Waals surface area contributed by atoms with E-state index in [1.807, 2.05) is 45.0 Å². The van der Waals surface area contributed by atoms with E-state index >= 15 is 0 Å². The fourth-order valence-electron chi connectivity index (χ4n) is 3.26. The Bertz CT molecular complexity index is 952. The molecule has 4 nitrogen and oxygen atoms in total. The molecule has 0 amide bonds. The minimum absolute atomic E-state index is 0.116. The first-order valence-corrected chi connectivity index (χ1v) is 11.5. The Hall–Kier alpha value is -2.43. The van der Waals surface area contributed by atoms with Gasteiger partial charge in [-0.05, 0) is 69.0 Å². The van der Waals surface area contributed by atoms with Gasteiger partial charge in [0.05, 0.1) is 0 Å². The van der Waals surface area contributed by atoms with Crippen molar-refractivity contribution in [3.05, 3.63) is 87.7 Å². The van der Waals surface area contributed by atoms with Gasteiger partial charge in [0, 0.05) is 29.5 Å². The van der Waals surface area contributed by atoms with Crippen LogP contribution in [0.1, 0.15) is 64.2 Å². The number of ketones is 1. The third-order valence-corrected chi connectivity index (χ3v) is 5.59. The number of hydrogen-bond donors (Lipinski definition) is 1. The molecule has 33 heavy (non-hydrogen) atoms. The van der Waals surface area contributed by atoms with Crippen molar-refractivity contribution in [3.8, 4) is 0 Å². The molecule has 1 aromatic heterocycles. The number of pyridine rings is 1. The van der Waals surface area contributed by atoms with Gasteiger partial charge < -0.3 is 5.11 Å². The van der Waals surface area contributed by atoms with Crippen molar-refractivity contribution in [2.24, 2.45) is 0 Å². The number of halogens is 2. The van der Waals surface area contributed by atoms with E-state index in [4.69, 9.17) is 28.3 Å². The van der Waals surface area contributed by atoms with Crippen LogP contribution in [0, 0.1) is 6.92 Å². The Morgan fingerprint density at radius 1 is 1.03 bits per heavy atom. The highest BCUT2D eigenvalue weighted by Gasteiger charge is 2.36. The quantitative estimate of drug-likeness (QED) is 0.316. The molecule has 0 bridgehead atoms. The fraction of sp³-hybridized carbons (Fsp3) is 0.370. The highest BCUT2D eigenvalue weighted by molar-refractivity contribution is 6.30. The lowest BCUT2D eigenvalue weighted by molar-refractivity contribution is -0.136. The number of aryl methyl sites for hydroxylation is 2. The van der Waals surface area contributed by atoms with E-state index in [0.717, 1.165) is 28.7 Å². The second-order valence-corrected chi connectivity index (χ2v) is 8.72. The van der Waals surface area contributed by atoms with Gasteiger partial charge in [-0.25, -0.2) is 4.98 Å². The number of aromatic nitrogens is 1. The molecule has 0 aliphatic carbocycles. The molecule has 6 heteroatoms. The number of carbonyl (C=O) groups is 2. The van der Waals surface area contributed by atoms with Crippen LogP contribution in [0.15, 0.2) is 60.8 Å². The van der Waals surface area contributed by atoms with Gasteiger partial charge in [0.25, 0.3) is 0 Å². The van der Waals surface area contributed by atoms with Gasteiger partial charge in [-0.1, -0.05) is 73.5 Å². The predicted octanol–water partition coefficient (Wildman–Crippen LogP) is 7.80. The van der Waals surface area contributed by atoms with Crippen molar-refractivity contribution in [1.82, 2.24) is 4.98 Å². The summed E-state index contributed by atoms with van der Waals surface area (Å²) in [6, 6.07) is 9.53. The first-order chi connectivity index (χ1) is 15.3. The lowest BCUT2D eigenvalue weighted by Gasteiger charge is -2.36. The molecule has 0 saturated heterocycles. The zero-order chi connectivity index (χ0) is 25.8. The van der Waals surface area contributed by atoms with E-state index in [9.17, 15) is 9.59 Å². The van der Waals surface area contributed by atoms with Gasteiger partial charge in [0.1, 0.15) is 10.9 Å². The monoisotopic (exact) mass is 491 g/mol. The molecule has 0 spiro atoms. The molecule has 0 aliphatic heterocycles. The van der Waals surface area contributed by atoms with Crippen LogP contribution >= 0.6 is 23.2 Å². The Labute approximate surface area is 208 Å². The van der Waals surface area contributed by atoms with Gasteiger partial charge in [0.2, 0.25) is 0 Å². The van der Waals surface area contributed by atoms with Crippen LogP contribution in [0.5, 0.6) is 0 Å². The summed E-state index contributed by atoms with van der Waals surface area (Å²) in [5.74, 6) is -0.629. The van der Waals surface area contributed by atoms with Gasteiger partial charge >= 0.3 is 5.97 Å². The number of carboxylic acid groups (broad SMARTS) is 1. The normalized spacial score (nSPS) is 10.2. The molecule has 0 atom stereocenters. The van der Waals surface area contributed by atoms with E-state index in [2.05, 4.69) is 25.1 Å². The van der Waals surface area contributed by atoms with E-state index < -0.39 is 11.4 Å². The number of nitrogens with zero attached hydrogens (tertiary/aromatic N) is 1. The lowest BCUT2D eigenvalue weighted by Crippen LogP contribution is -2.32. The standard InChI is InChI=1S/C17H21ClO.C7H8ClN.C3H6O2/c1-11(2)17(12(3)4,10-14(6)19)16-9-15(18)8-7-13(16)5;1-2-6-3-4-7(8)9-5-6;1-2-3(4)5/h7-9H,1,3,10H2,2,4-6H3;3-5H,2H2,1H3;2H2,1H3,(H,4,5). The summed E-state index contributed by atoms with van der Waals surface area (Å²) in [7, 11) is 0. The van der Waals surface area contributed by atoms with Crippen LogP contribution in [0.2, 0.25) is 10.2 Å². The van der Waals surface area contributed by atoms with Crippen LogP contribution in [-0.4, -0.2) is 21.8 Å². The number of aliphatic carboxylic acids is 1. The minimum atomic E-state index is -0.745. The minimum Gasteiger partial charge on any atom is -0.481 e. The van der Waals surface area contributed by atoms with Crippen molar-refractivity contribution in [2.45, 2.75) is 66.2 Å². The molecule has 1 heterocycles. The maximum atomic E-state index is 11.7. The molecular formula is C27H35Cl2NO3. The summed E-state index contributed by atoms with van der Waals surface area (Å²) in [6.45, 7) is 19.4. The van der Waals surface area contributed by atoms with Gasteiger partial charge in [-0.15, -0.1) is 0 Å². The highest BCUT2D eigenvalue weighted by atomic mass is 35.5. The van der Waals surface area contributed by atoms with E-state index in [1.54, 1.807) is 26.1 Å². The molecule has 1 N–H and O–H groups in total. The second kappa shape index (κ2) is 14.7. The summed E-state index contributed by atoms with van der Waals surface area (Å²) in [6.07, 6.45) is 3.41. The molecule has 2 rings (SSSR count). The van der Waals surface area contributed by atoms with Crippen LogP contribution in [-0.2, 0) is 21.4 Å². The van der Waals surface area contributed by atoms with Gasteiger partial charge in [-0.3, -0.25) is 9.59 Å². The van der Waals surface area contributed by atoms with E-state index in [1.165, 1.54) is 5.56 Å².